The molecule has 0 aliphatic carbocycles. The normalized spacial score (nSPS) is 21.1. The molecule has 1 fully saturated rings. The van der Waals surface area contributed by atoms with Gasteiger partial charge in [0.1, 0.15) is 0 Å². The van der Waals surface area contributed by atoms with E-state index in [0.717, 1.165) is 29.9 Å². The molecule has 0 radical (unpaired) electrons. The molecule has 1 aliphatic heterocycles. The lowest BCUT2D eigenvalue weighted by Gasteiger charge is -2.14. The summed E-state index contributed by atoms with van der Waals surface area (Å²) in [6.07, 6.45) is 1.68. The van der Waals surface area contributed by atoms with Crippen molar-refractivity contribution in [1.29, 1.82) is 0 Å². The lowest BCUT2D eigenvalue weighted by molar-refractivity contribution is -0.126. The first-order valence-electron chi connectivity index (χ1n) is 6.48. The SMILES string of the molecule is COc1ccc(CC2CC(C)(C)C(=O)N2)cc1OC. The second-order valence-electron chi connectivity index (χ2n) is 5.65. The molecule has 19 heavy (non-hydrogen) atoms. The topological polar surface area (TPSA) is 47.6 Å². The minimum absolute atomic E-state index is 0.137. The molecule has 0 bridgehead atoms. The van der Waals surface area contributed by atoms with Crippen molar-refractivity contribution in [2.45, 2.75) is 32.7 Å². The predicted octanol–water partition coefficient (Wildman–Crippen LogP) is 2.16. The van der Waals surface area contributed by atoms with Crippen molar-refractivity contribution in [1.82, 2.24) is 5.32 Å². The molecule has 1 aliphatic rings. The number of benzene rings is 1. The molecule has 1 amide bonds. The van der Waals surface area contributed by atoms with Gasteiger partial charge in [-0.3, -0.25) is 4.79 Å². The van der Waals surface area contributed by atoms with Crippen LogP contribution in [0.25, 0.3) is 0 Å². The molecule has 1 N–H and O–H groups in total. The van der Waals surface area contributed by atoms with Crippen LogP contribution in [0.2, 0.25) is 0 Å². The van der Waals surface area contributed by atoms with Crippen molar-refractivity contribution in [2.24, 2.45) is 5.41 Å². The molecular formula is C15H21NO3. The maximum Gasteiger partial charge on any atom is 0.225 e. The zero-order valence-electron chi connectivity index (χ0n) is 11.9. The average molecular weight is 263 g/mol. The molecule has 104 valence electrons. The highest BCUT2D eigenvalue weighted by atomic mass is 16.5. The van der Waals surface area contributed by atoms with Gasteiger partial charge in [-0.2, -0.15) is 0 Å². The standard InChI is InChI=1S/C15H21NO3/c1-15(2)9-11(16-14(15)17)7-10-5-6-12(18-3)13(8-10)19-4/h5-6,8,11H,7,9H2,1-4H3,(H,16,17). The summed E-state index contributed by atoms with van der Waals surface area (Å²) >= 11 is 0. The van der Waals surface area contributed by atoms with E-state index in [9.17, 15) is 4.79 Å². The summed E-state index contributed by atoms with van der Waals surface area (Å²) in [4.78, 5) is 11.8. The van der Waals surface area contributed by atoms with E-state index < -0.39 is 0 Å². The molecule has 4 nitrogen and oxygen atoms in total. The first-order chi connectivity index (χ1) is 8.96. The van der Waals surface area contributed by atoms with Crippen LogP contribution < -0.4 is 14.8 Å². The molecule has 0 aromatic heterocycles. The van der Waals surface area contributed by atoms with E-state index in [1.165, 1.54) is 0 Å². The molecule has 1 atom stereocenters. The number of hydrogen-bond acceptors (Lipinski definition) is 3. The Morgan fingerprint density at radius 3 is 2.47 bits per heavy atom. The molecule has 0 saturated carbocycles. The lowest BCUT2D eigenvalue weighted by Crippen LogP contribution is -2.29. The summed E-state index contributed by atoms with van der Waals surface area (Å²) in [5, 5.41) is 3.05. The summed E-state index contributed by atoms with van der Waals surface area (Å²) < 4.78 is 10.5. The average Bonchev–Trinajstić information content (AvgIpc) is 2.62. The van der Waals surface area contributed by atoms with Gasteiger partial charge >= 0.3 is 0 Å². The number of carbonyl (C=O) groups is 1. The second-order valence-corrected chi connectivity index (χ2v) is 5.65. The fourth-order valence-corrected chi connectivity index (χ4v) is 2.56. The Kier molecular flexibility index (Phi) is 3.69. The Morgan fingerprint density at radius 2 is 1.95 bits per heavy atom. The van der Waals surface area contributed by atoms with Crippen LogP contribution in [0.5, 0.6) is 11.5 Å². The van der Waals surface area contributed by atoms with Gasteiger partial charge < -0.3 is 14.8 Å². The summed E-state index contributed by atoms with van der Waals surface area (Å²) in [5.74, 6) is 1.59. The van der Waals surface area contributed by atoms with Crippen LogP contribution >= 0.6 is 0 Å². The van der Waals surface area contributed by atoms with Crippen molar-refractivity contribution in [2.75, 3.05) is 14.2 Å². The van der Waals surface area contributed by atoms with Crippen LogP contribution in [-0.2, 0) is 11.2 Å². The number of nitrogens with one attached hydrogen (secondary N) is 1. The van der Waals surface area contributed by atoms with Gasteiger partial charge in [0, 0.05) is 11.5 Å². The Bertz CT molecular complexity index is 482. The Labute approximate surface area is 114 Å². The molecule has 0 spiro atoms. The van der Waals surface area contributed by atoms with Crippen molar-refractivity contribution in [3.63, 3.8) is 0 Å². The third-order valence-electron chi connectivity index (χ3n) is 3.64. The largest absolute Gasteiger partial charge is 0.493 e. The second kappa shape index (κ2) is 5.11. The first kappa shape index (κ1) is 13.7. The lowest BCUT2D eigenvalue weighted by atomic mass is 9.88. The first-order valence-corrected chi connectivity index (χ1v) is 6.48. The van der Waals surface area contributed by atoms with Crippen molar-refractivity contribution in [3.8, 4) is 11.5 Å². The minimum Gasteiger partial charge on any atom is -0.493 e. The number of hydrogen-bond donors (Lipinski definition) is 1. The fraction of sp³-hybridized carbons (Fsp3) is 0.533. The highest BCUT2D eigenvalue weighted by Gasteiger charge is 2.38. The summed E-state index contributed by atoms with van der Waals surface area (Å²) in [5.41, 5.74) is 0.877. The highest BCUT2D eigenvalue weighted by molar-refractivity contribution is 5.84. The van der Waals surface area contributed by atoms with Gasteiger partial charge in [-0.05, 0) is 30.5 Å². The van der Waals surface area contributed by atoms with E-state index >= 15 is 0 Å². The van der Waals surface area contributed by atoms with Gasteiger partial charge in [0.15, 0.2) is 11.5 Å². The van der Waals surface area contributed by atoms with E-state index in [-0.39, 0.29) is 17.4 Å². The van der Waals surface area contributed by atoms with E-state index in [0.29, 0.717) is 0 Å². The molecule has 4 heteroatoms. The number of carbonyl (C=O) groups excluding carboxylic acids is 1. The van der Waals surface area contributed by atoms with Gasteiger partial charge in [0.05, 0.1) is 14.2 Å². The molecular weight excluding hydrogens is 242 g/mol. The van der Waals surface area contributed by atoms with Gasteiger partial charge in [-0.25, -0.2) is 0 Å². The number of methoxy groups -OCH3 is 2. The predicted molar refractivity (Wildman–Crippen MR) is 73.6 cm³/mol. The van der Waals surface area contributed by atoms with Crippen LogP contribution in [0, 0.1) is 5.41 Å². The molecule has 1 heterocycles. The van der Waals surface area contributed by atoms with Gasteiger partial charge in [-0.15, -0.1) is 0 Å². The van der Waals surface area contributed by atoms with Gasteiger partial charge in [0.2, 0.25) is 5.91 Å². The zero-order chi connectivity index (χ0) is 14.0. The van der Waals surface area contributed by atoms with Crippen LogP contribution in [0.15, 0.2) is 18.2 Å². The molecule has 1 unspecified atom stereocenters. The van der Waals surface area contributed by atoms with Crippen LogP contribution in [0.1, 0.15) is 25.8 Å². The van der Waals surface area contributed by atoms with Gasteiger partial charge in [-0.1, -0.05) is 19.9 Å². The van der Waals surface area contributed by atoms with E-state index in [4.69, 9.17) is 9.47 Å². The molecule has 1 aromatic carbocycles. The van der Waals surface area contributed by atoms with Crippen LogP contribution in [0.3, 0.4) is 0 Å². The minimum atomic E-state index is -0.263. The fourth-order valence-electron chi connectivity index (χ4n) is 2.56. The van der Waals surface area contributed by atoms with Crippen LogP contribution in [0.4, 0.5) is 0 Å². The van der Waals surface area contributed by atoms with Gasteiger partial charge in [0.25, 0.3) is 0 Å². The van der Waals surface area contributed by atoms with Crippen molar-refractivity contribution < 1.29 is 14.3 Å². The quantitative estimate of drug-likeness (QED) is 0.905. The Hall–Kier alpha value is -1.71. The monoisotopic (exact) mass is 263 g/mol. The van der Waals surface area contributed by atoms with Crippen molar-refractivity contribution in [3.05, 3.63) is 23.8 Å². The maximum atomic E-state index is 11.8. The van der Waals surface area contributed by atoms with E-state index in [1.54, 1.807) is 14.2 Å². The third kappa shape index (κ3) is 2.83. The molecule has 2 rings (SSSR count). The number of amides is 1. The van der Waals surface area contributed by atoms with E-state index in [2.05, 4.69) is 5.32 Å². The number of rotatable bonds is 4. The summed E-state index contributed by atoms with van der Waals surface area (Å²) in [7, 11) is 3.25. The van der Waals surface area contributed by atoms with Crippen LogP contribution in [-0.4, -0.2) is 26.2 Å². The summed E-state index contributed by atoms with van der Waals surface area (Å²) in [6.45, 7) is 3.97. The third-order valence-corrected chi connectivity index (χ3v) is 3.64. The summed E-state index contributed by atoms with van der Waals surface area (Å²) in [6, 6.07) is 6.08. The Morgan fingerprint density at radius 1 is 1.26 bits per heavy atom. The maximum absolute atomic E-state index is 11.8. The molecule has 1 saturated heterocycles. The zero-order valence-corrected chi connectivity index (χ0v) is 11.9. The van der Waals surface area contributed by atoms with Crippen molar-refractivity contribution >= 4 is 5.91 Å². The number of ether oxygens (including phenoxy) is 2. The molecule has 1 aromatic rings. The van der Waals surface area contributed by atoms with E-state index in [1.807, 2.05) is 32.0 Å². The smallest absolute Gasteiger partial charge is 0.225 e. The highest BCUT2D eigenvalue weighted by Crippen LogP contribution is 2.32. The Balaban J connectivity index is 2.10.